The molecule has 26 heteroatoms. The van der Waals surface area contributed by atoms with Crippen LogP contribution < -0.4 is 9.21 Å². The van der Waals surface area contributed by atoms with Crippen LogP contribution in [0.2, 0.25) is 0 Å². The maximum Gasteiger partial charge on any atom is 0.415 e. The number of rotatable bonds is 20. The van der Waals surface area contributed by atoms with Crippen molar-refractivity contribution in [2.45, 2.75) is 91.2 Å². The van der Waals surface area contributed by atoms with E-state index in [0.717, 1.165) is 41.9 Å². The molecule has 2 saturated heterocycles. The number of likely N-dealkylation sites (tertiary alicyclic amines) is 2. The first-order chi connectivity index (χ1) is 43.7. The molecule has 0 saturated carbocycles. The fourth-order valence-corrected chi connectivity index (χ4v) is 13.3. The maximum atomic E-state index is 13.7. The van der Waals surface area contributed by atoms with Gasteiger partial charge in [-0.3, -0.25) is 19.3 Å². The van der Waals surface area contributed by atoms with Crippen molar-refractivity contribution in [1.29, 1.82) is 0 Å². The Bertz CT molecular complexity index is 3970. The quantitative estimate of drug-likeness (QED) is 0.0297. The van der Waals surface area contributed by atoms with Gasteiger partial charge in [-0.1, -0.05) is 146 Å². The van der Waals surface area contributed by atoms with E-state index in [0.29, 0.717) is 42.8 Å². The Labute approximate surface area is 545 Å². The van der Waals surface area contributed by atoms with Gasteiger partial charge in [0.15, 0.2) is 29.5 Å². The van der Waals surface area contributed by atoms with Crippen molar-refractivity contribution in [3.8, 4) is 0 Å². The van der Waals surface area contributed by atoms with Gasteiger partial charge in [-0.15, -0.1) is 0 Å². The highest BCUT2D eigenvalue weighted by atomic mass is 79.9. The van der Waals surface area contributed by atoms with Gasteiger partial charge in [0.25, 0.3) is 25.7 Å². The van der Waals surface area contributed by atoms with Crippen LogP contribution in [-0.2, 0) is 73.0 Å². The molecule has 0 radical (unpaired) electrons. The molecule has 4 aromatic carbocycles. The van der Waals surface area contributed by atoms with Crippen LogP contribution in [-0.4, -0.2) is 138 Å². The zero-order valence-electron chi connectivity index (χ0n) is 51.2. The van der Waals surface area contributed by atoms with Gasteiger partial charge < -0.3 is 28.7 Å². The lowest BCUT2D eigenvalue weighted by atomic mass is 9.90. The van der Waals surface area contributed by atoms with Crippen molar-refractivity contribution in [3.63, 3.8) is 0 Å². The van der Waals surface area contributed by atoms with E-state index in [2.05, 4.69) is 49.0 Å². The predicted octanol–water partition coefficient (Wildman–Crippen LogP) is 10.6. The zero-order chi connectivity index (χ0) is 65.4. The van der Waals surface area contributed by atoms with Gasteiger partial charge in [-0.05, 0) is 85.3 Å². The highest BCUT2D eigenvalue weighted by molar-refractivity contribution is 9.09. The molecule has 3 aromatic heterocycles. The van der Waals surface area contributed by atoms with Crippen LogP contribution >= 0.6 is 15.9 Å². The Kier molecular flexibility index (Phi) is 24.8. The average molecular weight is 1360 g/mol. The number of halogens is 1. The molecule has 1 unspecified atom stereocenters. The number of aromatic nitrogens is 5. The minimum atomic E-state index is -3.96. The highest BCUT2D eigenvalue weighted by Gasteiger charge is 2.43. The molecule has 3 aliphatic rings. The van der Waals surface area contributed by atoms with Crippen molar-refractivity contribution in [3.05, 3.63) is 174 Å². The van der Waals surface area contributed by atoms with E-state index in [9.17, 15) is 45.6 Å². The molecule has 486 valence electrons. The number of aryl methyl sites for hydroxylation is 2. The molecule has 23 nitrogen and oxygen atoms in total. The van der Waals surface area contributed by atoms with Gasteiger partial charge in [0.1, 0.15) is 24.5 Å². The summed E-state index contributed by atoms with van der Waals surface area (Å²) >= 11 is 3.22. The van der Waals surface area contributed by atoms with E-state index < -0.39 is 44.1 Å². The molecule has 0 spiro atoms. The van der Waals surface area contributed by atoms with Gasteiger partial charge in [-0.25, -0.2) is 36.7 Å². The van der Waals surface area contributed by atoms with Crippen LogP contribution in [0.25, 0.3) is 17.2 Å². The number of carbonyl (C=O) groups is 6. The standard InChI is InChI=1S/C32H35N5O7S.C17H16N3O4S.C16H20BrNO3.CH4/c1-4-24-18-35(31(39)44-21-23-9-7-6-8-10-23)19-26(24)28(38)20-36(32(40)43-5-2)29-17-33-30-27(34-29)15-16-37(30)45(41,42)25-13-11-22(3)12-14-25;1-3-24-16(21)10-13-11-18-17-15(19-13)8-9-20(17)25(22,23)14-6-4-12(2)5-7-14;1-2-13-9-18(10-14(13)15(19)8-17)16(20)21-11-12-6-4-3-5-7-12;/h6-17,24,26H,4-5,18-21H2,1-3H3;4-8,11H,3,10H2,1-2H3;3-7,13-14H,2,8-11H2,1H3;1H4/q;+1;;/t24-,26+;;13-,14?;/m1.1./s1. The Morgan fingerprint density at radius 1 is 0.620 bits per heavy atom. The number of ether oxygens (including phenoxy) is 4. The smallest absolute Gasteiger partial charge is 0.415 e. The van der Waals surface area contributed by atoms with Crippen molar-refractivity contribution >= 4 is 101 Å². The van der Waals surface area contributed by atoms with E-state index in [1.807, 2.05) is 81.4 Å². The second kappa shape index (κ2) is 32.4. The first kappa shape index (κ1) is 70.5. The van der Waals surface area contributed by atoms with Crippen LogP contribution in [0.4, 0.5) is 26.0 Å². The largest absolute Gasteiger partial charge is 0.466 e. The van der Waals surface area contributed by atoms with E-state index >= 15 is 0 Å². The van der Waals surface area contributed by atoms with Gasteiger partial charge >= 0.3 is 30.1 Å². The molecule has 0 aliphatic carbocycles. The van der Waals surface area contributed by atoms with Crippen molar-refractivity contribution in [2.75, 3.05) is 60.5 Å². The summed E-state index contributed by atoms with van der Waals surface area (Å²) in [5.41, 5.74) is 4.74. The first-order valence-electron chi connectivity index (χ1n) is 29.5. The number of amides is 3. The summed E-state index contributed by atoms with van der Waals surface area (Å²) in [6.07, 6.45) is 7.94. The Hall–Kier alpha value is -8.97. The van der Waals surface area contributed by atoms with E-state index in [1.54, 1.807) is 43.0 Å². The molecule has 7 aromatic rings. The predicted molar refractivity (Wildman–Crippen MR) is 348 cm³/mol. The molecule has 0 N–H and O–H groups in total. The molecule has 4 atom stereocenters. The Balaban J connectivity index is 0.000000215. The normalized spacial score (nSPS) is 16.4. The summed E-state index contributed by atoms with van der Waals surface area (Å²) in [6, 6.07) is 33.4. The van der Waals surface area contributed by atoms with Crippen molar-refractivity contribution in [1.82, 2.24) is 33.7 Å². The summed E-state index contributed by atoms with van der Waals surface area (Å²) in [4.78, 5) is 96.8. The van der Waals surface area contributed by atoms with Gasteiger partial charge in [0.05, 0.1) is 59.4 Å². The number of hydrogen-bond acceptors (Lipinski definition) is 18. The molecule has 3 aliphatic heterocycles. The van der Waals surface area contributed by atoms with Crippen LogP contribution in [0.1, 0.15) is 81.6 Å². The van der Waals surface area contributed by atoms with Crippen LogP contribution in [0.15, 0.2) is 144 Å². The third-order valence-corrected chi connectivity index (χ3v) is 19.2. The molecular weight excluding hydrogens is 1290 g/mol. The number of alkyl halides is 1. The maximum absolute atomic E-state index is 13.7. The fraction of sp³-hybridized carbons (Fsp3) is 0.364. The fourth-order valence-electron chi connectivity index (χ4n) is 10.4. The second-order valence-electron chi connectivity index (χ2n) is 21.6. The lowest BCUT2D eigenvalue weighted by Gasteiger charge is -2.23. The number of esters is 1. The third-order valence-electron chi connectivity index (χ3n) is 15.3. The van der Waals surface area contributed by atoms with E-state index in [-0.39, 0.29) is 121 Å². The Morgan fingerprint density at radius 2 is 1.14 bits per heavy atom. The minimum Gasteiger partial charge on any atom is -0.466 e. The number of anilines is 2. The molecule has 6 heterocycles. The number of benzene rings is 4. The number of carbonyl (C=O) groups excluding carboxylic acids is 6. The SMILES string of the molecule is C.CCOC(=O)Cc1cnc2c(n1)C=[C+]N2S(=O)(=O)c1ccc(C)cc1.CCOC(=O)N(CC(=O)[C@H]1CN(C(=O)OCc2ccccc2)C[C@H]1CC)c1cnc2c(ccn2S(=O)(=O)c2ccc(C)cc2)n1.CC[C@@H]1CN(C(=O)OCc2ccccc2)CC1C(=O)CBr. The topological polar surface area (TPSA) is 277 Å². The molecule has 0 bridgehead atoms. The third kappa shape index (κ3) is 17.3. The number of nitrogens with zero attached hydrogens (tertiary/aromatic N) is 9. The number of hydrogen-bond donors (Lipinski definition) is 0. The number of fused-ring (bicyclic) bond motifs is 2. The van der Waals surface area contributed by atoms with E-state index in [4.69, 9.17) is 18.9 Å². The zero-order valence-corrected chi connectivity index (χ0v) is 54.4. The second-order valence-corrected chi connectivity index (χ2v) is 25.7. The van der Waals surface area contributed by atoms with Crippen LogP contribution in [0.3, 0.4) is 0 Å². The van der Waals surface area contributed by atoms with Crippen molar-refractivity contribution < 1.29 is 64.6 Å². The summed E-state index contributed by atoms with van der Waals surface area (Å²) in [5.74, 6) is -0.813. The van der Waals surface area contributed by atoms with Gasteiger partial charge in [0, 0.05) is 44.2 Å². The monoisotopic (exact) mass is 1360 g/mol. The average Bonchev–Trinajstić information content (AvgIpc) is 1.56. The summed E-state index contributed by atoms with van der Waals surface area (Å²) in [6.45, 7) is 13.1. The van der Waals surface area contributed by atoms with E-state index in [1.165, 1.54) is 59.9 Å². The summed E-state index contributed by atoms with van der Waals surface area (Å²) < 4.78 is 75.0. The molecule has 2 fully saturated rings. The summed E-state index contributed by atoms with van der Waals surface area (Å²) in [5, 5.41) is 0.348. The van der Waals surface area contributed by atoms with Gasteiger partial charge in [-0.2, -0.15) is 18.4 Å². The Morgan fingerprint density at radius 3 is 1.65 bits per heavy atom. The minimum absolute atomic E-state index is 0. The number of Topliss-reactive ketones (excluding diaryl/α,β-unsaturated/α-hetero) is 2. The van der Waals surface area contributed by atoms with Crippen molar-refractivity contribution in [2.24, 2.45) is 23.7 Å². The van der Waals surface area contributed by atoms with Crippen LogP contribution in [0.5, 0.6) is 0 Å². The lowest BCUT2D eigenvalue weighted by molar-refractivity contribution is -0.142. The van der Waals surface area contributed by atoms with Crippen LogP contribution in [0, 0.1) is 43.7 Å². The van der Waals surface area contributed by atoms with Gasteiger partial charge in [0.2, 0.25) is 0 Å². The first-order valence-corrected chi connectivity index (χ1v) is 33.6. The molecule has 92 heavy (non-hydrogen) atoms. The molecule has 10 rings (SSSR count). The number of ketones is 2. The highest BCUT2D eigenvalue weighted by Crippen LogP contribution is 2.33. The molecule has 3 amide bonds. The molecular formula is C66H75BrN9O14S2+. The lowest BCUT2D eigenvalue weighted by Crippen LogP contribution is -2.41. The number of sulfonamides is 1. The summed E-state index contributed by atoms with van der Waals surface area (Å²) in [7, 11) is -7.77.